The van der Waals surface area contributed by atoms with Crippen molar-refractivity contribution in [3.63, 3.8) is 0 Å². The number of fused-ring (bicyclic) bond motifs is 1. The highest BCUT2D eigenvalue weighted by atomic mass is 16.4. The maximum absolute atomic E-state index is 12.6. The van der Waals surface area contributed by atoms with Crippen molar-refractivity contribution in [2.75, 3.05) is 13.1 Å². The Kier molecular flexibility index (Phi) is 3.88. The molecule has 25 heavy (non-hydrogen) atoms. The number of carbonyl (C=O) groups excluding carboxylic acids is 1. The van der Waals surface area contributed by atoms with Gasteiger partial charge in [0, 0.05) is 35.7 Å². The average molecular weight is 333 g/mol. The van der Waals surface area contributed by atoms with Gasteiger partial charge < -0.3 is 9.32 Å². The Hall–Kier alpha value is -2.88. The average Bonchev–Trinajstić information content (AvgIpc) is 3.15. The lowest BCUT2D eigenvalue weighted by molar-refractivity contribution is 0.0793. The normalized spacial score (nSPS) is 14.2. The summed E-state index contributed by atoms with van der Waals surface area (Å²) < 4.78 is 5.39. The SMILES string of the molecule is Cc1ccccc1-c1cc(=O)oc2cc(C(=O)N3CCCC3)ccc12. The van der Waals surface area contributed by atoms with Crippen molar-refractivity contribution in [2.45, 2.75) is 19.8 Å². The first-order valence-electron chi connectivity index (χ1n) is 8.57. The summed E-state index contributed by atoms with van der Waals surface area (Å²) in [5, 5.41) is 0.840. The summed E-state index contributed by atoms with van der Waals surface area (Å²) in [6, 6.07) is 14.8. The third-order valence-electron chi connectivity index (χ3n) is 4.82. The fraction of sp³-hybridized carbons (Fsp3) is 0.238. The third-order valence-corrected chi connectivity index (χ3v) is 4.82. The van der Waals surface area contributed by atoms with E-state index in [0.29, 0.717) is 11.1 Å². The number of likely N-dealkylation sites (tertiary alicyclic amines) is 1. The highest BCUT2D eigenvalue weighted by Gasteiger charge is 2.20. The van der Waals surface area contributed by atoms with Crippen molar-refractivity contribution >= 4 is 16.9 Å². The quantitative estimate of drug-likeness (QED) is 0.666. The lowest BCUT2D eigenvalue weighted by Crippen LogP contribution is -2.27. The highest BCUT2D eigenvalue weighted by molar-refractivity contribution is 6.01. The molecule has 4 rings (SSSR count). The number of hydrogen-bond donors (Lipinski definition) is 0. The van der Waals surface area contributed by atoms with Gasteiger partial charge >= 0.3 is 5.63 Å². The van der Waals surface area contributed by atoms with Crippen molar-refractivity contribution in [1.82, 2.24) is 4.90 Å². The Morgan fingerprint density at radius 3 is 2.52 bits per heavy atom. The van der Waals surface area contributed by atoms with Gasteiger partial charge in [-0.2, -0.15) is 0 Å². The van der Waals surface area contributed by atoms with Gasteiger partial charge in [0.1, 0.15) is 5.58 Å². The van der Waals surface area contributed by atoms with E-state index in [-0.39, 0.29) is 5.91 Å². The van der Waals surface area contributed by atoms with Crippen LogP contribution >= 0.6 is 0 Å². The van der Waals surface area contributed by atoms with Crippen LogP contribution in [-0.2, 0) is 0 Å². The van der Waals surface area contributed by atoms with Crippen LogP contribution in [0.1, 0.15) is 28.8 Å². The molecule has 1 saturated heterocycles. The van der Waals surface area contributed by atoms with Gasteiger partial charge in [-0.05, 0) is 49.1 Å². The van der Waals surface area contributed by atoms with E-state index < -0.39 is 5.63 Å². The van der Waals surface area contributed by atoms with Crippen molar-refractivity contribution in [2.24, 2.45) is 0 Å². The lowest BCUT2D eigenvalue weighted by Gasteiger charge is -2.15. The first-order valence-corrected chi connectivity index (χ1v) is 8.57. The predicted molar refractivity (Wildman–Crippen MR) is 97.8 cm³/mol. The zero-order chi connectivity index (χ0) is 17.4. The maximum Gasteiger partial charge on any atom is 0.336 e. The largest absolute Gasteiger partial charge is 0.423 e. The second-order valence-corrected chi connectivity index (χ2v) is 6.50. The van der Waals surface area contributed by atoms with E-state index in [1.165, 1.54) is 6.07 Å². The van der Waals surface area contributed by atoms with Crippen LogP contribution in [-0.4, -0.2) is 23.9 Å². The first kappa shape index (κ1) is 15.6. The summed E-state index contributed by atoms with van der Waals surface area (Å²) in [6.07, 6.45) is 2.09. The second kappa shape index (κ2) is 6.20. The van der Waals surface area contributed by atoms with Gasteiger partial charge in [-0.3, -0.25) is 4.79 Å². The molecule has 0 saturated carbocycles. The van der Waals surface area contributed by atoms with Crippen LogP contribution in [0.25, 0.3) is 22.1 Å². The Morgan fingerprint density at radius 1 is 1.00 bits per heavy atom. The summed E-state index contributed by atoms with van der Waals surface area (Å²) in [7, 11) is 0. The highest BCUT2D eigenvalue weighted by Crippen LogP contribution is 2.30. The van der Waals surface area contributed by atoms with Crippen LogP contribution in [0, 0.1) is 6.92 Å². The minimum Gasteiger partial charge on any atom is -0.423 e. The van der Waals surface area contributed by atoms with E-state index in [9.17, 15) is 9.59 Å². The molecule has 0 bridgehead atoms. The van der Waals surface area contributed by atoms with Crippen LogP contribution in [0.4, 0.5) is 0 Å². The molecule has 0 spiro atoms. The van der Waals surface area contributed by atoms with Crippen LogP contribution in [0.3, 0.4) is 0 Å². The maximum atomic E-state index is 12.6. The Bertz CT molecular complexity index is 1010. The smallest absolute Gasteiger partial charge is 0.336 e. The number of hydrogen-bond acceptors (Lipinski definition) is 3. The van der Waals surface area contributed by atoms with E-state index in [2.05, 4.69) is 0 Å². The van der Waals surface area contributed by atoms with Crippen molar-refractivity contribution in [3.05, 3.63) is 70.1 Å². The molecule has 1 amide bonds. The molecular formula is C21H19NO3. The monoisotopic (exact) mass is 333 g/mol. The third kappa shape index (κ3) is 2.84. The summed E-state index contributed by atoms with van der Waals surface area (Å²) in [5.41, 5.74) is 3.54. The molecule has 0 atom stereocenters. The summed E-state index contributed by atoms with van der Waals surface area (Å²) >= 11 is 0. The molecule has 4 nitrogen and oxygen atoms in total. The van der Waals surface area contributed by atoms with E-state index in [1.807, 2.05) is 48.2 Å². The van der Waals surface area contributed by atoms with Gasteiger partial charge in [-0.25, -0.2) is 4.79 Å². The second-order valence-electron chi connectivity index (χ2n) is 6.50. The Morgan fingerprint density at radius 2 is 1.76 bits per heavy atom. The fourth-order valence-corrected chi connectivity index (χ4v) is 3.50. The molecule has 1 fully saturated rings. The van der Waals surface area contributed by atoms with E-state index in [4.69, 9.17) is 4.42 Å². The molecule has 0 unspecified atom stereocenters. The van der Waals surface area contributed by atoms with Crippen molar-refractivity contribution in [1.29, 1.82) is 0 Å². The molecule has 1 aliphatic rings. The van der Waals surface area contributed by atoms with Gasteiger partial charge in [0.25, 0.3) is 5.91 Å². The Labute approximate surface area is 145 Å². The number of amides is 1. The molecular weight excluding hydrogens is 314 g/mol. The van der Waals surface area contributed by atoms with Crippen LogP contribution in [0.5, 0.6) is 0 Å². The van der Waals surface area contributed by atoms with Gasteiger partial charge in [0.15, 0.2) is 0 Å². The molecule has 1 aliphatic heterocycles. The van der Waals surface area contributed by atoms with E-state index in [1.54, 1.807) is 6.07 Å². The van der Waals surface area contributed by atoms with Crippen LogP contribution < -0.4 is 5.63 Å². The molecule has 3 aromatic rings. The van der Waals surface area contributed by atoms with Gasteiger partial charge in [-0.1, -0.05) is 24.3 Å². The van der Waals surface area contributed by atoms with Gasteiger partial charge in [0.2, 0.25) is 0 Å². The number of benzene rings is 2. The van der Waals surface area contributed by atoms with Crippen LogP contribution in [0.15, 0.2) is 57.7 Å². The molecule has 1 aromatic heterocycles. The summed E-state index contributed by atoms with van der Waals surface area (Å²) in [4.78, 5) is 26.5. The molecule has 126 valence electrons. The summed E-state index contributed by atoms with van der Waals surface area (Å²) in [6.45, 7) is 3.61. The number of nitrogens with zero attached hydrogens (tertiary/aromatic N) is 1. The molecule has 0 radical (unpaired) electrons. The molecule has 4 heteroatoms. The van der Waals surface area contributed by atoms with Gasteiger partial charge in [0.05, 0.1) is 0 Å². The minimum atomic E-state index is -0.406. The first-order chi connectivity index (χ1) is 12.1. The predicted octanol–water partition coefficient (Wildman–Crippen LogP) is 4.00. The van der Waals surface area contributed by atoms with E-state index >= 15 is 0 Å². The van der Waals surface area contributed by atoms with E-state index in [0.717, 1.165) is 48.0 Å². The number of aryl methyl sites for hydroxylation is 1. The van der Waals surface area contributed by atoms with Crippen LogP contribution in [0.2, 0.25) is 0 Å². The molecule has 0 N–H and O–H groups in total. The Balaban J connectivity index is 1.86. The number of rotatable bonds is 2. The molecule has 2 heterocycles. The standard InChI is InChI=1S/C21H19NO3/c1-14-6-2-3-7-16(14)18-13-20(23)25-19-12-15(8-9-17(18)19)21(24)22-10-4-5-11-22/h2-3,6-9,12-13H,4-5,10-11H2,1H3. The van der Waals surface area contributed by atoms with Gasteiger partial charge in [-0.15, -0.1) is 0 Å². The zero-order valence-electron chi connectivity index (χ0n) is 14.1. The minimum absolute atomic E-state index is 0.00310. The van der Waals surface area contributed by atoms with Crippen molar-refractivity contribution < 1.29 is 9.21 Å². The fourth-order valence-electron chi connectivity index (χ4n) is 3.50. The van der Waals surface area contributed by atoms with Crippen molar-refractivity contribution in [3.8, 4) is 11.1 Å². The zero-order valence-corrected chi connectivity index (χ0v) is 14.1. The summed E-state index contributed by atoms with van der Waals surface area (Å²) in [5.74, 6) is 0.00310. The topological polar surface area (TPSA) is 50.5 Å². The molecule has 2 aromatic carbocycles. The lowest BCUT2D eigenvalue weighted by atomic mass is 9.97. The number of carbonyl (C=O) groups is 1. The molecule has 0 aliphatic carbocycles.